The van der Waals surface area contributed by atoms with Crippen LogP contribution in [-0.2, 0) is 4.79 Å². The number of hydrogen-bond acceptors (Lipinski definition) is 4. The number of unbranched alkanes of at least 4 members (excludes halogenated alkanes) is 9. The number of carbonyl (C=O) groups is 1. The maximum Gasteiger partial charge on any atom is 0.294 e. The van der Waals surface area contributed by atoms with Crippen LogP contribution in [0.4, 0.5) is 5.69 Å². The third-order valence-electron chi connectivity index (χ3n) is 7.06. The van der Waals surface area contributed by atoms with E-state index in [2.05, 4.69) is 6.92 Å². The van der Waals surface area contributed by atoms with Gasteiger partial charge in [-0.25, -0.2) is 0 Å². The molecular formula is C34H42N2O3. The predicted molar refractivity (Wildman–Crippen MR) is 160 cm³/mol. The second-order valence-electron chi connectivity index (χ2n) is 10.3. The Morgan fingerprint density at radius 3 is 2.10 bits per heavy atom. The molecule has 39 heavy (non-hydrogen) atoms. The highest BCUT2D eigenvalue weighted by molar-refractivity contribution is 6.24. The van der Waals surface area contributed by atoms with Gasteiger partial charge in [-0.2, -0.15) is 10.1 Å². The van der Waals surface area contributed by atoms with E-state index >= 15 is 0 Å². The van der Waals surface area contributed by atoms with E-state index in [1.807, 2.05) is 85.8 Å². The maximum atomic E-state index is 13.5. The molecule has 3 aromatic rings. The molecule has 1 aliphatic rings. The van der Waals surface area contributed by atoms with Gasteiger partial charge < -0.3 is 9.47 Å². The average Bonchev–Trinajstić information content (AvgIpc) is 3.29. The molecule has 0 bridgehead atoms. The van der Waals surface area contributed by atoms with Crippen LogP contribution in [0.15, 0.2) is 84.0 Å². The third kappa shape index (κ3) is 8.44. The molecule has 0 radical (unpaired) electrons. The summed E-state index contributed by atoms with van der Waals surface area (Å²) >= 11 is 0. The lowest BCUT2D eigenvalue weighted by Crippen LogP contribution is -2.37. The highest BCUT2D eigenvalue weighted by Crippen LogP contribution is 2.28. The Morgan fingerprint density at radius 1 is 0.744 bits per heavy atom. The Bertz CT molecular complexity index is 1190. The van der Waals surface area contributed by atoms with Crippen molar-refractivity contribution in [2.75, 3.05) is 11.6 Å². The molecule has 0 spiro atoms. The van der Waals surface area contributed by atoms with Crippen LogP contribution in [0.5, 0.6) is 11.5 Å². The van der Waals surface area contributed by atoms with E-state index < -0.39 is 6.10 Å². The summed E-state index contributed by atoms with van der Waals surface area (Å²) in [6.45, 7) is 4.97. The molecular weight excluding hydrogens is 484 g/mol. The normalized spacial score (nSPS) is 14.9. The first kappa shape index (κ1) is 28.4. The maximum absolute atomic E-state index is 13.5. The average molecular weight is 527 g/mol. The van der Waals surface area contributed by atoms with Crippen LogP contribution in [0.2, 0.25) is 0 Å². The lowest BCUT2D eigenvalue weighted by molar-refractivity contribution is -0.121. The Balaban J connectivity index is 1.36. The van der Waals surface area contributed by atoms with Crippen molar-refractivity contribution in [1.82, 2.24) is 0 Å². The van der Waals surface area contributed by atoms with Crippen molar-refractivity contribution < 1.29 is 14.3 Å². The number of amides is 1. The molecule has 1 aliphatic heterocycles. The van der Waals surface area contributed by atoms with E-state index in [0.29, 0.717) is 23.8 Å². The number of nitrogens with zero attached hydrogens (tertiary/aromatic N) is 2. The molecule has 206 valence electrons. The van der Waals surface area contributed by atoms with Crippen LogP contribution < -0.4 is 14.5 Å². The zero-order chi connectivity index (χ0) is 27.3. The van der Waals surface area contributed by atoms with Crippen LogP contribution in [0.25, 0.3) is 0 Å². The topological polar surface area (TPSA) is 51.1 Å². The second-order valence-corrected chi connectivity index (χ2v) is 10.3. The van der Waals surface area contributed by atoms with Gasteiger partial charge in [-0.05, 0) is 49.7 Å². The number of benzene rings is 3. The van der Waals surface area contributed by atoms with E-state index in [9.17, 15) is 4.79 Å². The zero-order valence-electron chi connectivity index (χ0n) is 23.5. The second kappa shape index (κ2) is 15.1. The van der Waals surface area contributed by atoms with E-state index in [1.54, 1.807) is 0 Å². The number of para-hydroxylation sites is 1. The summed E-state index contributed by atoms with van der Waals surface area (Å²) in [6, 6.07) is 25.0. The van der Waals surface area contributed by atoms with Crippen molar-refractivity contribution in [1.29, 1.82) is 0 Å². The summed E-state index contributed by atoms with van der Waals surface area (Å²) in [7, 11) is 0. The molecule has 0 N–H and O–H groups in total. The summed E-state index contributed by atoms with van der Waals surface area (Å²) in [5.41, 5.74) is 3.24. The molecule has 1 heterocycles. The molecule has 0 aliphatic carbocycles. The number of rotatable bonds is 16. The van der Waals surface area contributed by atoms with Gasteiger partial charge in [-0.1, -0.05) is 113 Å². The van der Waals surface area contributed by atoms with E-state index in [4.69, 9.17) is 14.6 Å². The zero-order valence-corrected chi connectivity index (χ0v) is 23.5. The molecule has 1 unspecified atom stereocenters. The summed E-state index contributed by atoms with van der Waals surface area (Å²) in [6.07, 6.45) is 12.1. The standard InChI is InChI=1S/C34H42N2O3/c1-3-4-5-6-7-8-9-10-11-15-25-38-31-20-16-17-28(26-31)32-33(39-30-23-21-27(2)22-24-30)34(37)36(35-32)29-18-13-12-14-19-29/h12-14,16-24,26,33H,3-11,15,25H2,1-2H3. The van der Waals surface area contributed by atoms with Crippen molar-refractivity contribution in [3.63, 3.8) is 0 Å². The largest absolute Gasteiger partial charge is 0.494 e. The fourth-order valence-corrected chi connectivity index (χ4v) is 4.78. The Kier molecular flexibility index (Phi) is 11.0. The number of carbonyl (C=O) groups excluding carboxylic acids is 1. The lowest BCUT2D eigenvalue weighted by atomic mass is 10.0. The molecule has 1 atom stereocenters. The molecule has 0 saturated heterocycles. The van der Waals surface area contributed by atoms with Crippen molar-refractivity contribution in [3.05, 3.63) is 90.0 Å². The highest BCUT2D eigenvalue weighted by atomic mass is 16.5. The van der Waals surface area contributed by atoms with Crippen molar-refractivity contribution in [2.24, 2.45) is 5.10 Å². The van der Waals surface area contributed by atoms with Crippen LogP contribution >= 0.6 is 0 Å². The number of aryl methyl sites for hydroxylation is 1. The Hall–Kier alpha value is -3.60. The first-order valence-electron chi connectivity index (χ1n) is 14.6. The van der Waals surface area contributed by atoms with Crippen LogP contribution in [-0.4, -0.2) is 24.3 Å². The number of anilines is 1. The minimum Gasteiger partial charge on any atom is -0.494 e. The van der Waals surface area contributed by atoms with E-state index in [1.165, 1.54) is 62.8 Å². The Labute approximate surface area is 233 Å². The summed E-state index contributed by atoms with van der Waals surface area (Å²) < 4.78 is 12.3. The molecule has 3 aromatic carbocycles. The Morgan fingerprint density at radius 2 is 1.41 bits per heavy atom. The molecule has 0 fully saturated rings. The molecule has 1 amide bonds. The first-order chi connectivity index (χ1) is 19.2. The summed E-state index contributed by atoms with van der Waals surface area (Å²) in [5.74, 6) is 1.20. The predicted octanol–water partition coefficient (Wildman–Crippen LogP) is 8.49. The first-order valence-corrected chi connectivity index (χ1v) is 14.6. The quantitative estimate of drug-likeness (QED) is 0.176. The SMILES string of the molecule is CCCCCCCCCCCCOc1cccc(C2=NN(c3ccccc3)C(=O)C2Oc2ccc(C)cc2)c1. The molecule has 4 rings (SSSR count). The van der Waals surface area contributed by atoms with Gasteiger partial charge >= 0.3 is 0 Å². The van der Waals surface area contributed by atoms with Crippen LogP contribution in [0, 0.1) is 6.92 Å². The minimum absolute atomic E-state index is 0.214. The summed E-state index contributed by atoms with van der Waals surface area (Å²) in [5, 5.41) is 6.16. The van der Waals surface area contributed by atoms with Crippen molar-refractivity contribution in [3.8, 4) is 11.5 Å². The molecule has 0 saturated carbocycles. The molecule has 5 nitrogen and oxygen atoms in total. The van der Waals surface area contributed by atoms with Crippen molar-refractivity contribution >= 4 is 17.3 Å². The smallest absolute Gasteiger partial charge is 0.294 e. The van der Waals surface area contributed by atoms with E-state index in [-0.39, 0.29) is 5.91 Å². The van der Waals surface area contributed by atoms with Gasteiger partial charge in [0.15, 0.2) is 0 Å². The van der Waals surface area contributed by atoms with Crippen LogP contribution in [0.1, 0.15) is 82.3 Å². The molecule has 5 heteroatoms. The monoisotopic (exact) mass is 526 g/mol. The van der Waals surface area contributed by atoms with Crippen LogP contribution in [0.3, 0.4) is 0 Å². The third-order valence-corrected chi connectivity index (χ3v) is 7.06. The fraction of sp³-hybridized carbons (Fsp3) is 0.412. The number of hydrazone groups is 1. The summed E-state index contributed by atoms with van der Waals surface area (Å²) in [4.78, 5) is 13.5. The fourth-order valence-electron chi connectivity index (χ4n) is 4.78. The van der Waals surface area contributed by atoms with Gasteiger partial charge in [-0.15, -0.1) is 0 Å². The number of ether oxygens (including phenoxy) is 2. The van der Waals surface area contributed by atoms with Gasteiger partial charge in [-0.3, -0.25) is 4.79 Å². The highest BCUT2D eigenvalue weighted by Gasteiger charge is 2.39. The van der Waals surface area contributed by atoms with Gasteiger partial charge in [0, 0.05) is 5.56 Å². The van der Waals surface area contributed by atoms with Gasteiger partial charge in [0.05, 0.1) is 12.3 Å². The lowest BCUT2D eigenvalue weighted by Gasteiger charge is -2.16. The number of hydrogen-bond donors (Lipinski definition) is 0. The molecule has 0 aromatic heterocycles. The van der Waals surface area contributed by atoms with Gasteiger partial charge in [0.25, 0.3) is 5.91 Å². The van der Waals surface area contributed by atoms with Gasteiger partial charge in [0.2, 0.25) is 6.10 Å². The van der Waals surface area contributed by atoms with E-state index in [0.717, 1.165) is 23.3 Å². The van der Waals surface area contributed by atoms with Gasteiger partial charge in [0.1, 0.15) is 17.2 Å². The minimum atomic E-state index is -0.842. The van der Waals surface area contributed by atoms with Crippen molar-refractivity contribution in [2.45, 2.75) is 84.2 Å².